The van der Waals surface area contributed by atoms with Gasteiger partial charge in [-0.05, 0) is 43.7 Å². The summed E-state index contributed by atoms with van der Waals surface area (Å²) >= 11 is 0. The lowest BCUT2D eigenvalue weighted by Crippen LogP contribution is -2.32. The predicted molar refractivity (Wildman–Crippen MR) is 93.0 cm³/mol. The molecule has 0 radical (unpaired) electrons. The highest BCUT2D eigenvalue weighted by molar-refractivity contribution is 5.91. The molecular formula is C18H22N2O4. The van der Waals surface area contributed by atoms with E-state index in [1.54, 1.807) is 19.2 Å². The van der Waals surface area contributed by atoms with Crippen LogP contribution < -0.4 is 24.8 Å². The van der Waals surface area contributed by atoms with Crippen LogP contribution in [0.4, 0.5) is 10.5 Å². The number of carbonyl (C=O) groups is 1. The zero-order chi connectivity index (χ0) is 17.4. The molecule has 0 atom stereocenters. The van der Waals surface area contributed by atoms with Crippen LogP contribution in [0, 0.1) is 6.92 Å². The van der Waals surface area contributed by atoms with Crippen LogP contribution in [-0.2, 0) is 0 Å². The average molecular weight is 330 g/mol. The zero-order valence-corrected chi connectivity index (χ0v) is 14.1. The molecule has 0 saturated carbocycles. The lowest BCUT2D eigenvalue weighted by Gasteiger charge is -2.14. The van der Waals surface area contributed by atoms with Gasteiger partial charge in [0.15, 0.2) is 18.2 Å². The number of amides is 2. The summed E-state index contributed by atoms with van der Waals surface area (Å²) in [5.41, 5.74) is 1.62. The second-order valence-electron chi connectivity index (χ2n) is 5.00. The summed E-state index contributed by atoms with van der Waals surface area (Å²) in [7, 11) is 1.56. The highest BCUT2D eigenvalue weighted by atomic mass is 16.5. The van der Waals surface area contributed by atoms with Crippen LogP contribution in [-0.4, -0.2) is 26.5 Å². The van der Waals surface area contributed by atoms with E-state index in [1.807, 2.05) is 44.2 Å². The van der Waals surface area contributed by atoms with Crippen molar-refractivity contribution in [1.82, 2.24) is 5.32 Å². The Morgan fingerprint density at radius 3 is 2.42 bits per heavy atom. The molecule has 0 bridgehead atoms. The quantitative estimate of drug-likeness (QED) is 0.762. The SMILES string of the molecule is CCOc1ccccc1OCNC(=O)Nc1cc(C)ccc1OC. The molecule has 128 valence electrons. The number of methoxy groups -OCH3 is 1. The molecule has 6 nitrogen and oxygen atoms in total. The minimum Gasteiger partial charge on any atom is -0.495 e. The number of carbonyl (C=O) groups excluding carboxylic acids is 1. The number of rotatable bonds is 7. The second kappa shape index (κ2) is 8.67. The first-order valence-corrected chi connectivity index (χ1v) is 7.68. The first-order valence-electron chi connectivity index (χ1n) is 7.68. The Labute approximate surface area is 141 Å². The van der Waals surface area contributed by atoms with Crippen LogP contribution in [0.25, 0.3) is 0 Å². The number of hydrogen-bond acceptors (Lipinski definition) is 4. The van der Waals surface area contributed by atoms with Crippen molar-refractivity contribution in [2.75, 3.05) is 25.8 Å². The lowest BCUT2D eigenvalue weighted by molar-refractivity contribution is 0.229. The Morgan fingerprint density at radius 1 is 1.04 bits per heavy atom. The third kappa shape index (κ3) is 4.81. The molecule has 24 heavy (non-hydrogen) atoms. The summed E-state index contributed by atoms with van der Waals surface area (Å²) in [6, 6.07) is 12.5. The van der Waals surface area contributed by atoms with Crippen LogP contribution in [0.3, 0.4) is 0 Å². The number of hydrogen-bond donors (Lipinski definition) is 2. The van der Waals surface area contributed by atoms with Gasteiger partial charge in [-0.1, -0.05) is 18.2 Å². The van der Waals surface area contributed by atoms with Crippen molar-refractivity contribution < 1.29 is 19.0 Å². The van der Waals surface area contributed by atoms with Crippen molar-refractivity contribution in [3.05, 3.63) is 48.0 Å². The molecule has 2 aromatic carbocycles. The molecule has 0 saturated heterocycles. The van der Waals surface area contributed by atoms with E-state index in [9.17, 15) is 4.79 Å². The van der Waals surface area contributed by atoms with E-state index in [0.29, 0.717) is 29.5 Å². The molecule has 0 spiro atoms. The summed E-state index contributed by atoms with van der Waals surface area (Å²) in [5.74, 6) is 1.81. The number of anilines is 1. The number of benzene rings is 2. The van der Waals surface area contributed by atoms with Crippen molar-refractivity contribution >= 4 is 11.7 Å². The van der Waals surface area contributed by atoms with Gasteiger partial charge in [0.25, 0.3) is 0 Å². The molecule has 0 aromatic heterocycles. The predicted octanol–water partition coefficient (Wildman–Crippen LogP) is 3.56. The van der Waals surface area contributed by atoms with Crippen LogP contribution >= 0.6 is 0 Å². The van der Waals surface area contributed by atoms with E-state index >= 15 is 0 Å². The fraction of sp³-hybridized carbons (Fsp3) is 0.278. The fourth-order valence-corrected chi connectivity index (χ4v) is 2.11. The topological polar surface area (TPSA) is 68.8 Å². The highest BCUT2D eigenvalue weighted by Gasteiger charge is 2.08. The van der Waals surface area contributed by atoms with E-state index in [4.69, 9.17) is 14.2 Å². The van der Waals surface area contributed by atoms with Gasteiger partial charge in [0.05, 0.1) is 19.4 Å². The third-order valence-electron chi connectivity index (χ3n) is 3.21. The van der Waals surface area contributed by atoms with Crippen molar-refractivity contribution in [3.63, 3.8) is 0 Å². The second-order valence-corrected chi connectivity index (χ2v) is 5.00. The van der Waals surface area contributed by atoms with Gasteiger partial charge < -0.3 is 24.8 Å². The Bertz CT molecular complexity index is 688. The molecule has 0 heterocycles. The van der Waals surface area contributed by atoms with Gasteiger partial charge in [-0.25, -0.2) is 4.79 Å². The van der Waals surface area contributed by atoms with Crippen LogP contribution in [0.5, 0.6) is 17.2 Å². The van der Waals surface area contributed by atoms with Gasteiger partial charge in [0.2, 0.25) is 0 Å². The Hall–Kier alpha value is -2.89. The smallest absolute Gasteiger partial charge is 0.321 e. The molecule has 0 fully saturated rings. The molecule has 0 unspecified atom stereocenters. The van der Waals surface area contributed by atoms with E-state index in [0.717, 1.165) is 5.56 Å². The van der Waals surface area contributed by atoms with E-state index in [-0.39, 0.29) is 12.8 Å². The molecule has 2 amide bonds. The summed E-state index contributed by atoms with van der Waals surface area (Å²) in [5, 5.41) is 5.38. The van der Waals surface area contributed by atoms with E-state index in [2.05, 4.69) is 10.6 Å². The van der Waals surface area contributed by atoms with Gasteiger partial charge in [0, 0.05) is 0 Å². The van der Waals surface area contributed by atoms with E-state index in [1.165, 1.54) is 0 Å². The molecule has 6 heteroatoms. The summed E-state index contributed by atoms with van der Waals surface area (Å²) in [6.07, 6.45) is 0. The Balaban J connectivity index is 1.89. The standard InChI is InChI=1S/C18H22N2O4/c1-4-23-16-7-5-6-8-17(16)24-12-19-18(21)20-14-11-13(2)9-10-15(14)22-3/h5-11H,4,12H2,1-3H3,(H2,19,20,21). The van der Waals surface area contributed by atoms with Crippen molar-refractivity contribution in [2.45, 2.75) is 13.8 Å². The molecule has 0 aliphatic rings. The minimum atomic E-state index is -0.382. The van der Waals surface area contributed by atoms with Crippen LogP contribution in [0.1, 0.15) is 12.5 Å². The summed E-state index contributed by atoms with van der Waals surface area (Å²) < 4.78 is 16.2. The summed E-state index contributed by atoms with van der Waals surface area (Å²) in [4.78, 5) is 12.0. The van der Waals surface area contributed by atoms with E-state index < -0.39 is 0 Å². The molecule has 2 rings (SSSR count). The number of ether oxygens (including phenoxy) is 3. The molecule has 0 aliphatic carbocycles. The first kappa shape index (κ1) is 17.5. The molecule has 0 aliphatic heterocycles. The van der Waals surface area contributed by atoms with Crippen LogP contribution in [0.2, 0.25) is 0 Å². The number of para-hydroxylation sites is 2. The maximum Gasteiger partial charge on any atom is 0.321 e. The summed E-state index contributed by atoms with van der Waals surface area (Å²) in [6.45, 7) is 4.40. The van der Waals surface area contributed by atoms with Crippen molar-refractivity contribution in [1.29, 1.82) is 0 Å². The van der Waals surface area contributed by atoms with Gasteiger partial charge in [-0.2, -0.15) is 0 Å². The highest BCUT2D eigenvalue weighted by Crippen LogP contribution is 2.26. The van der Waals surface area contributed by atoms with Gasteiger partial charge in [0.1, 0.15) is 5.75 Å². The number of nitrogens with one attached hydrogen (secondary N) is 2. The maximum atomic E-state index is 12.0. The third-order valence-corrected chi connectivity index (χ3v) is 3.21. The van der Waals surface area contributed by atoms with Crippen LogP contribution in [0.15, 0.2) is 42.5 Å². The largest absolute Gasteiger partial charge is 0.495 e. The molecular weight excluding hydrogens is 308 g/mol. The number of aryl methyl sites for hydroxylation is 1. The normalized spacial score (nSPS) is 9.96. The fourth-order valence-electron chi connectivity index (χ4n) is 2.11. The van der Waals surface area contributed by atoms with Gasteiger partial charge in [-0.15, -0.1) is 0 Å². The first-order chi connectivity index (χ1) is 11.6. The average Bonchev–Trinajstić information content (AvgIpc) is 2.57. The van der Waals surface area contributed by atoms with Gasteiger partial charge in [-0.3, -0.25) is 0 Å². The molecule has 2 aromatic rings. The van der Waals surface area contributed by atoms with Gasteiger partial charge >= 0.3 is 6.03 Å². The lowest BCUT2D eigenvalue weighted by atomic mass is 10.2. The molecule has 2 N–H and O–H groups in total. The Kier molecular flexibility index (Phi) is 6.31. The maximum absolute atomic E-state index is 12.0. The zero-order valence-electron chi connectivity index (χ0n) is 14.1. The van der Waals surface area contributed by atoms with Crippen molar-refractivity contribution in [3.8, 4) is 17.2 Å². The minimum absolute atomic E-state index is 0.0179. The van der Waals surface area contributed by atoms with Crippen molar-refractivity contribution in [2.24, 2.45) is 0 Å². The number of urea groups is 1. The Morgan fingerprint density at radius 2 is 1.75 bits per heavy atom. The monoisotopic (exact) mass is 330 g/mol.